The summed E-state index contributed by atoms with van der Waals surface area (Å²) in [7, 11) is 1.54. The standard InChI is InChI=1S/C16H23N3O3/c1-22-14-10-6-5-9-13(14)19-15(20)11-17-16(21)18-12-7-3-2-4-8-12/h5-6,9-10,12H,2-4,7-8,11H2,1H3,(H,19,20)(H2,17,18,21). The number of para-hydroxylation sites is 2. The summed E-state index contributed by atoms with van der Waals surface area (Å²) in [6, 6.07) is 7.08. The van der Waals surface area contributed by atoms with Gasteiger partial charge in [0.25, 0.3) is 0 Å². The molecule has 0 atom stereocenters. The van der Waals surface area contributed by atoms with Gasteiger partial charge in [0.05, 0.1) is 19.3 Å². The second kappa shape index (κ2) is 8.26. The van der Waals surface area contributed by atoms with Gasteiger partial charge in [-0.05, 0) is 25.0 Å². The molecule has 1 saturated carbocycles. The van der Waals surface area contributed by atoms with E-state index in [-0.39, 0.29) is 24.5 Å². The van der Waals surface area contributed by atoms with E-state index in [0.29, 0.717) is 11.4 Å². The molecule has 22 heavy (non-hydrogen) atoms. The molecule has 1 aliphatic rings. The van der Waals surface area contributed by atoms with E-state index in [1.54, 1.807) is 25.3 Å². The van der Waals surface area contributed by atoms with Crippen LogP contribution in [0.1, 0.15) is 32.1 Å². The molecule has 3 N–H and O–H groups in total. The van der Waals surface area contributed by atoms with Crippen LogP contribution in [0.15, 0.2) is 24.3 Å². The molecule has 1 aliphatic carbocycles. The van der Waals surface area contributed by atoms with Gasteiger partial charge < -0.3 is 20.7 Å². The molecule has 1 fully saturated rings. The first-order chi connectivity index (χ1) is 10.7. The Morgan fingerprint density at radius 1 is 1.18 bits per heavy atom. The average molecular weight is 305 g/mol. The van der Waals surface area contributed by atoms with Crippen LogP contribution in [0.5, 0.6) is 5.75 Å². The minimum absolute atomic E-state index is 0.0728. The van der Waals surface area contributed by atoms with Crippen LogP contribution in [-0.2, 0) is 4.79 Å². The van der Waals surface area contributed by atoms with Gasteiger partial charge in [0, 0.05) is 6.04 Å². The van der Waals surface area contributed by atoms with Gasteiger partial charge in [-0.2, -0.15) is 0 Å². The summed E-state index contributed by atoms with van der Waals surface area (Å²) < 4.78 is 5.16. The molecule has 0 aliphatic heterocycles. The van der Waals surface area contributed by atoms with Crippen LogP contribution in [0.4, 0.5) is 10.5 Å². The zero-order valence-corrected chi connectivity index (χ0v) is 12.9. The molecule has 0 unspecified atom stereocenters. The highest BCUT2D eigenvalue weighted by Gasteiger charge is 2.16. The smallest absolute Gasteiger partial charge is 0.315 e. The molecule has 0 bridgehead atoms. The summed E-state index contributed by atoms with van der Waals surface area (Å²) in [5.41, 5.74) is 0.587. The van der Waals surface area contributed by atoms with Crippen LogP contribution in [-0.4, -0.2) is 31.6 Å². The number of amides is 3. The summed E-state index contributed by atoms with van der Waals surface area (Å²) in [6.07, 6.45) is 5.57. The lowest BCUT2D eigenvalue weighted by Crippen LogP contribution is -2.45. The molecule has 1 aromatic carbocycles. The minimum Gasteiger partial charge on any atom is -0.495 e. The van der Waals surface area contributed by atoms with Crippen molar-refractivity contribution in [2.45, 2.75) is 38.1 Å². The van der Waals surface area contributed by atoms with E-state index in [1.807, 2.05) is 6.07 Å². The molecular weight excluding hydrogens is 282 g/mol. The summed E-state index contributed by atoms with van der Waals surface area (Å²) in [5.74, 6) is 0.297. The molecule has 1 aromatic rings. The fourth-order valence-electron chi connectivity index (χ4n) is 2.59. The van der Waals surface area contributed by atoms with Crippen molar-refractivity contribution in [3.8, 4) is 5.75 Å². The van der Waals surface area contributed by atoms with Crippen molar-refractivity contribution in [2.75, 3.05) is 19.0 Å². The van der Waals surface area contributed by atoms with Crippen molar-refractivity contribution in [3.05, 3.63) is 24.3 Å². The molecule has 3 amide bonds. The Bertz CT molecular complexity index is 513. The Morgan fingerprint density at radius 3 is 2.64 bits per heavy atom. The maximum atomic E-state index is 11.9. The Balaban J connectivity index is 1.73. The number of carbonyl (C=O) groups is 2. The first-order valence-corrected chi connectivity index (χ1v) is 7.66. The van der Waals surface area contributed by atoms with Gasteiger partial charge in [0.1, 0.15) is 5.75 Å². The second-order valence-corrected chi connectivity index (χ2v) is 5.41. The van der Waals surface area contributed by atoms with Crippen LogP contribution < -0.4 is 20.7 Å². The molecule has 0 aromatic heterocycles. The molecule has 0 spiro atoms. The zero-order chi connectivity index (χ0) is 15.8. The van der Waals surface area contributed by atoms with Crippen LogP contribution in [0.25, 0.3) is 0 Å². The summed E-state index contributed by atoms with van der Waals surface area (Å²) >= 11 is 0. The minimum atomic E-state index is -0.290. The lowest BCUT2D eigenvalue weighted by molar-refractivity contribution is -0.115. The molecule has 6 nitrogen and oxygen atoms in total. The molecule has 0 saturated heterocycles. The average Bonchev–Trinajstić information content (AvgIpc) is 2.54. The zero-order valence-electron chi connectivity index (χ0n) is 12.9. The predicted octanol–water partition coefficient (Wildman–Crippen LogP) is 2.27. The van der Waals surface area contributed by atoms with E-state index in [2.05, 4.69) is 16.0 Å². The normalized spacial score (nSPS) is 15.0. The van der Waals surface area contributed by atoms with Crippen molar-refractivity contribution in [3.63, 3.8) is 0 Å². The topological polar surface area (TPSA) is 79.5 Å². The van der Waals surface area contributed by atoms with E-state index < -0.39 is 0 Å². The lowest BCUT2D eigenvalue weighted by atomic mass is 9.96. The van der Waals surface area contributed by atoms with Crippen LogP contribution >= 0.6 is 0 Å². The van der Waals surface area contributed by atoms with E-state index >= 15 is 0 Å². The molecule has 120 valence electrons. The first kappa shape index (κ1) is 16.1. The van der Waals surface area contributed by atoms with E-state index in [0.717, 1.165) is 25.7 Å². The maximum absolute atomic E-state index is 11.9. The van der Waals surface area contributed by atoms with Crippen molar-refractivity contribution in [2.24, 2.45) is 0 Å². The van der Waals surface area contributed by atoms with Crippen LogP contribution in [0.2, 0.25) is 0 Å². The van der Waals surface area contributed by atoms with E-state index in [9.17, 15) is 9.59 Å². The van der Waals surface area contributed by atoms with Crippen molar-refractivity contribution in [1.29, 1.82) is 0 Å². The number of hydrogen-bond donors (Lipinski definition) is 3. The number of ether oxygens (including phenoxy) is 1. The molecule has 0 radical (unpaired) electrons. The summed E-state index contributed by atoms with van der Waals surface area (Å²) in [6.45, 7) is -0.0728. The van der Waals surface area contributed by atoms with Crippen molar-refractivity contribution in [1.82, 2.24) is 10.6 Å². The SMILES string of the molecule is COc1ccccc1NC(=O)CNC(=O)NC1CCCCC1. The molecule has 6 heteroatoms. The highest BCUT2D eigenvalue weighted by Crippen LogP contribution is 2.22. The lowest BCUT2D eigenvalue weighted by Gasteiger charge is -2.22. The number of anilines is 1. The Kier molecular flexibility index (Phi) is 6.06. The fraction of sp³-hybridized carbons (Fsp3) is 0.500. The van der Waals surface area contributed by atoms with Gasteiger partial charge >= 0.3 is 6.03 Å². The van der Waals surface area contributed by atoms with Gasteiger partial charge in [-0.15, -0.1) is 0 Å². The van der Waals surface area contributed by atoms with Crippen molar-refractivity contribution >= 4 is 17.6 Å². The Labute approximate surface area is 130 Å². The number of benzene rings is 1. The number of nitrogens with one attached hydrogen (secondary N) is 3. The maximum Gasteiger partial charge on any atom is 0.315 e. The van der Waals surface area contributed by atoms with Crippen molar-refractivity contribution < 1.29 is 14.3 Å². The second-order valence-electron chi connectivity index (χ2n) is 5.41. The number of hydrogen-bond acceptors (Lipinski definition) is 3. The summed E-state index contributed by atoms with van der Waals surface area (Å²) in [4.78, 5) is 23.6. The highest BCUT2D eigenvalue weighted by atomic mass is 16.5. The number of urea groups is 1. The number of carbonyl (C=O) groups excluding carboxylic acids is 2. The number of methoxy groups -OCH3 is 1. The van der Waals surface area contributed by atoms with Gasteiger partial charge in [0.2, 0.25) is 5.91 Å². The predicted molar refractivity (Wildman–Crippen MR) is 85.0 cm³/mol. The molecule has 0 heterocycles. The largest absolute Gasteiger partial charge is 0.495 e. The van der Waals surface area contributed by atoms with Gasteiger partial charge in [0.15, 0.2) is 0 Å². The molecular formula is C16H23N3O3. The summed E-state index contributed by atoms with van der Waals surface area (Å²) in [5, 5.41) is 8.20. The van der Waals surface area contributed by atoms with Gasteiger partial charge in [-0.25, -0.2) is 4.79 Å². The van der Waals surface area contributed by atoms with Gasteiger partial charge in [-0.3, -0.25) is 4.79 Å². The quantitative estimate of drug-likeness (QED) is 0.780. The fourth-order valence-corrected chi connectivity index (χ4v) is 2.59. The third-order valence-corrected chi connectivity index (χ3v) is 3.73. The third kappa shape index (κ3) is 4.95. The Hall–Kier alpha value is -2.24. The number of rotatable bonds is 5. The Morgan fingerprint density at radius 2 is 1.91 bits per heavy atom. The monoisotopic (exact) mass is 305 g/mol. The van der Waals surface area contributed by atoms with Crippen LogP contribution in [0.3, 0.4) is 0 Å². The van der Waals surface area contributed by atoms with Gasteiger partial charge in [-0.1, -0.05) is 31.4 Å². The van der Waals surface area contributed by atoms with E-state index in [1.165, 1.54) is 6.42 Å². The molecule has 2 rings (SSSR count). The first-order valence-electron chi connectivity index (χ1n) is 7.66. The third-order valence-electron chi connectivity index (χ3n) is 3.73. The highest BCUT2D eigenvalue weighted by molar-refractivity contribution is 5.95. The van der Waals surface area contributed by atoms with Crippen LogP contribution in [0, 0.1) is 0 Å². The van der Waals surface area contributed by atoms with E-state index in [4.69, 9.17) is 4.74 Å².